The Morgan fingerprint density at radius 3 is 2.79 bits per heavy atom. The number of halogens is 1. The molecule has 1 fully saturated rings. The molecule has 106 valence electrons. The van der Waals surface area contributed by atoms with Gasteiger partial charge in [-0.15, -0.1) is 0 Å². The molecule has 0 bridgehead atoms. The highest BCUT2D eigenvalue weighted by Crippen LogP contribution is 2.32. The van der Waals surface area contributed by atoms with E-state index in [-0.39, 0.29) is 5.82 Å². The Kier molecular flexibility index (Phi) is 4.69. The molecule has 0 radical (unpaired) electrons. The van der Waals surface area contributed by atoms with Gasteiger partial charge in [0.25, 0.3) is 0 Å². The highest BCUT2D eigenvalue weighted by Gasteiger charge is 2.32. The van der Waals surface area contributed by atoms with Crippen molar-refractivity contribution in [3.05, 3.63) is 17.8 Å². The number of rotatable bonds is 5. The van der Waals surface area contributed by atoms with E-state index in [0.29, 0.717) is 36.4 Å². The molecule has 1 aromatic rings. The van der Waals surface area contributed by atoms with Gasteiger partial charge in [0.05, 0.1) is 5.69 Å². The Balaban J connectivity index is 2.31. The standard InChI is InChI=1S/C14H23FN4/c1-3-11-13(15)14(18-9-17-11)19(4-2)12-7-5-6-10(12)8-16/h9-10,12H,3-8,16H2,1-2H3. The molecular formula is C14H23FN4. The van der Waals surface area contributed by atoms with Gasteiger partial charge in [-0.05, 0) is 38.6 Å². The first kappa shape index (κ1) is 14.2. The second kappa shape index (κ2) is 6.28. The maximum absolute atomic E-state index is 14.4. The first-order valence-electron chi connectivity index (χ1n) is 7.18. The molecule has 1 saturated carbocycles. The number of nitrogens with zero attached hydrogens (tertiary/aromatic N) is 3. The Labute approximate surface area is 114 Å². The fourth-order valence-electron chi connectivity index (χ4n) is 3.09. The van der Waals surface area contributed by atoms with E-state index < -0.39 is 0 Å². The fraction of sp³-hybridized carbons (Fsp3) is 0.714. The number of aryl methyl sites for hydroxylation is 1. The minimum Gasteiger partial charge on any atom is -0.351 e. The predicted octanol–water partition coefficient (Wildman–Crippen LogP) is 2.13. The molecule has 2 N–H and O–H groups in total. The van der Waals surface area contributed by atoms with Gasteiger partial charge in [0.15, 0.2) is 11.6 Å². The molecule has 0 spiro atoms. The van der Waals surface area contributed by atoms with E-state index in [2.05, 4.69) is 14.9 Å². The van der Waals surface area contributed by atoms with Crippen molar-refractivity contribution >= 4 is 5.82 Å². The van der Waals surface area contributed by atoms with Crippen LogP contribution in [0.4, 0.5) is 10.2 Å². The summed E-state index contributed by atoms with van der Waals surface area (Å²) in [6.07, 6.45) is 5.41. The van der Waals surface area contributed by atoms with Crippen LogP contribution >= 0.6 is 0 Å². The third-order valence-electron chi connectivity index (χ3n) is 4.11. The molecule has 2 atom stereocenters. The van der Waals surface area contributed by atoms with Gasteiger partial charge in [-0.25, -0.2) is 14.4 Å². The quantitative estimate of drug-likeness (QED) is 0.887. The summed E-state index contributed by atoms with van der Waals surface area (Å²) in [5, 5.41) is 0. The summed E-state index contributed by atoms with van der Waals surface area (Å²) in [7, 11) is 0. The minimum atomic E-state index is -0.269. The van der Waals surface area contributed by atoms with Crippen molar-refractivity contribution in [1.82, 2.24) is 9.97 Å². The minimum absolute atomic E-state index is 0.269. The van der Waals surface area contributed by atoms with Crippen molar-refractivity contribution < 1.29 is 4.39 Å². The first-order valence-corrected chi connectivity index (χ1v) is 7.18. The molecule has 5 heteroatoms. The molecule has 4 nitrogen and oxygen atoms in total. The van der Waals surface area contributed by atoms with Gasteiger partial charge in [0, 0.05) is 12.6 Å². The lowest BCUT2D eigenvalue weighted by Crippen LogP contribution is -2.41. The van der Waals surface area contributed by atoms with Crippen LogP contribution < -0.4 is 10.6 Å². The molecule has 2 rings (SSSR count). The van der Waals surface area contributed by atoms with Crippen LogP contribution in [0.25, 0.3) is 0 Å². The average molecular weight is 266 g/mol. The van der Waals surface area contributed by atoms with E-state index in [0.717, 1.165) is 25.8 Å². The summed E-state index contributed by atoms with van der Waals surface area (Å²) in [5.74, 6) is 0.619. The van der Waals surface area contributed by atoms with Gasteiger partial charge in [0.2, 0.25) is 0 Å². The zero-order chi connectivity index (χ0) is 13.8. The first-order chi connectivity index (χ1) is 9.22. The molecule has 0 amide bonds. The summed E-state index contributed by atoms with van der Waals surface area (Å²) >= 11 is 0. The van der Waals surface area contributed by atoms with Gasteiger partial charge < -0.3 is 10.6 Å². The normalized spacial score (nSPS) is 22.7. The van der Waals surface area contributed by atoms with Crippen LogP contribution in [0.15, 0.2) is 6.33 Å². The van der Waals surface area contributed by atoms with E-state index >= 15 is 0 Å². The van der Waals surface area contributed by atoms with Gasteiger partial charge in [0.1, 0.15) is 6.33 Å². The van der Waals surface area contributed by atoms with E-state index in [4.69, 9.17) is 5.73 Å². The van der Waals surface area contributed by atoms with Crippen molar-refractivity contribution in [2.45, 2.75) is 45.6 Å². The molecule has 0 aromatic carbocycles. The van der Waals surface area contributed by atoms with Crippen molar-refractivity contribution in [2.75, 3.05) is 18.0 Å². The number of nitrogens with two attached hydrogens (primary N) is 1. The summed E-state index contributed by atoms with van der Waals surface area (Å²) in [5.41, 5.74) is 6.33. The topological polar surface area (TPSA) is 55.0 Å². The van der Waals surface area contributed by atoms with Crippen molar-refractivity contribution in [3.8, 4) is 0 Å². The van der Waals surface area contributed by atoms with E-state index in [1.54, 1.807) is 0 Å². The van der Waals surface area contributed by atoms with E-state index in [1.807, 2.05) is 13.8 Å². The molecule has 1 aromatic heterocycles. The van der Waals surface area contributed by atoms with Crippen molar-refractivity contribution in [1.29, 1.82) is 0 Å². The molecular weight excluding hydrogens is 243 g/mol. The van der Waals surface area contributed by atoms with Crippen molar-refractivity contribution in [2.24, 2.45) is 11.7 Å². The smallest absolute Gasteiger partial charge is 0.187 e. The predicted molar refractivity (Wildman–Crippen MR) is 74.6 cm³/mol. The van der Waals surface area contributed by atoms with Crippen LogP contribution in [0.3, 0.4) is 0 Å². The van der Waals surface area contributed by atoms with Crippen LogP contribution in [0, 0.1) is 11.7 Å². The summed E-state index contributed by atoms with van der Waals surface area (Å²) in [6.45, 7) is 5.36. The third kappa shape index (κ3) is 2.71. The largest absolute Gasteiger partial charge is 0.351 e. The Bertz CT molecular complexity index is 424. The zero-order valence-corrected chi connectivity index (χ0v) is 11.8. The van der Waals surface area contributed by atoms with Crippen LogP contribution in [-0.4, -0.2) is 29.1 Å². The highest BCUT2D eigenvalue weighted by atomic mass is 19.1. The van der Waals surface area contributed by atoms with Crippen LogP contribution in [0.1, 0.15) is 38.8 Å². The van der Waals surface area contributed by atoms with Gasteiger partial charge in [-0.1, -0.05) is 13.3 Å². The second-order valence-electron chi connectivity index (χ2n) is 5.09. The summed E-state index contributed by atoms with van der Waals surface area (Å²) < 4.78 is 14.4. The third-order valence-corrected chi connectivity index (χ3v) is 4.11. The average Bonchev–Trinajstić information content (AvgIpc) is 2.90. The molecule has 1 heterocycles. The molecule has 2 unspecified atom stereocenters. The lowest BCUT2D eigenvalue weighted by atomic mass is 10.0. The zero-order valence-electron chi connectivity index (χ0n) is 11.8. The van der Waals surface area contributed by atoms with E-state index in [9.17, 15) is 4.39 Å². The maximum Gasteiger partial charge on any atom is 0.187 e. The highest BCUT2D eigenvalue weighted by molar-refractivity contribution is 5.42. The van der Waals surface area contributed by atoms with Crippen LogP contribution in [-0.2, 0) is 6.42 Å². The number of hydrogen-bond acceptors (Lipinski definition) is 4. The number of hydrogen-bond donors (Lipinski definition) is 1. The summed E-state index contributed by atoms with van der Waals surface area (Å²) in [4.78, 5) is 10.2. The van der Waals surface area contributed by atoms with Gasteiger partial charge in [-0.2, -0.15) is 0 Å². The Hall–Kier alpha value is -1.23. The Morgan fingerprint density at radius 2 is 2.16 bits per heavy atom. The number of anilines is 1. The maximum atomic E-state index is 14.4. The SMILES string of the molecule is CCc1ncnc(N(CC)C2CCCC2CN)c1F. The monoisotopic (exact) mass is 266 g/mol. The van der Waals surface area contributed by atoms with E-state index in [1.165, 1.54) is 6.33 Å². The number of aromatic nitrogens is 2. The van der Waals surface area contributed by atoms with Crippen molar-refractivity contribution in [3.63, 3.8) is 0 Å². The molecule has 1 aliphatic rings. The molecule has 0 aliphatic heterocycles. The molecule has 0 saturated heterocycles. The van der Waals surface area contributed by atoms with Crippen LogP contribution in [0.2, 0.25) is 0 Å². The van der Waals surface area contributed by atoms with Gasteiger partial charge in [-0.3, -0.25) is 0 Å². The summed E-state index contributed by atoms with van der Waals surface area (Å²) in [6, 6.07) is 0.309. The molecule has 19 heavy (non-hydrogen) atoms. The lowest BCUT2D eigenvalue weighted by Gasteiger charge is -2.33. The Morgan fingerprint density at radius 1 is 1.37 bits per heavy atom. The van der Waals surface area contributed by atoms with Gasteiger partial charge >= 0.3 is 0 Å². The second-order valence-corrected chi connectivity index (χ2v) is 5.09. The van der Waals surface area contributed by atoms with Crippen LogP contribution in [0.5, 0.6) is 0 Å². The fourth-order valence-corrected chi connectivity index (χ4v) is 3.09. The molecule has 1 aliphatic carbocycles. The lowest BCUT2D eigenvalue weighted by molar-refractivity contribution is 0.451.